The molecule has 86 heavy (non-hydrogen) atoms. The molecule has 0 bridgehead atoms. The van der Waals surface area contributed by atoms with Crippen molar-refractivity contribution < 1.29 is 4.74 Å². The summed E-state index contributed by atoms with van der Waals surface area (Å²) in [7, 11) is 0. The Labute approximate surface area is 506 Å². The predicted octanol–water partition coefficient (Wildman–Crippen LogP) is 17.1. The topological polar surface area (TPSA) is 22.2 Å². The summed E-state index contributed by atoms with van der Waals surface area (Å²) < 4.78 is 7.37. The number of benzene rings is 13. The van der Waals surface area contributed by atoms with E-state index in [4.69, 9.17) is 4.74 Å². The van der Waals surface area contributed by atoms with E-state index in [0.717, 1.165) is 102 Å². The minimum absolute atomic E-state index is 0.0823. The maximum Gasteiger partial charge on any atom is 0.256 e. The van der Waals surface area contributed by atoms with E-state index in [1.807, 2.05) is 11.8 Å². The van der Waals surface area contributed by atoms with Gasteiger partial charge in [-0.05, 0) is 136 Å². The van der Waals surface area contributed by atoms with Crippen LogP contribution in [0.5, 0.6) is 11.5 Å². The zero-order chi connectivity index (χ0) is 56.7. The van der Waals surface area contributed by atoms with Gasteiger partial charge in [-0.15, -0.1) is 0 Å². The van der Waals surface area contributed by atoms with Gasteiger partial charge in [-0.3, -0.25) is 0 Å². The Balaban J connectivity index is 0.947. The van der Waals surface area contributed by atoms with Gasteiger partial charge >= 0.3 is 0 Å². The first-order valence-corrected chi connectivity index (χ1v) is 30.3. The van der Waals surface area contributed by atoms with Crippen molar-refractivity contribution in [3.63, 3.8) is 0 Å². The number of hydrogen-bond donors (Lipinski definition) is 0. The Bertz CT molecular complexity index is 4710. The predicted molar refractivity (Wildman–Crippen MR) is 362 cm³/mol. The SMILES string of the molecule is c1ccc(-c2ccccc2N(c2ccccc2)c2cc3c4c(c2)N(c2ccccc2-c2ccccc2)c2cc5c(cc2B4c2ccccc2O3)B2c3ccccc3N(c3ccccc3)c3cc(N(c4ccccc4)c4ccccc4)cc(c32)S5)cc1. The number of nitrogens with zero attached hydrogens (tertiary/aromatic N) is 4. The standard InChI is InChI=1S/C78H52B2N4OS/c1-7-27-53(28-8-1)61-39-19-23-43-67(61)82(57-35-15-5-16-36-57)59-47-71-77-74(49-59)85-73-46-26-22-42-64(73)80(77)65-51-66-75(52-70(65)84(71)68-44-24-20-40-62(68)54-29-9-2-10-30-54)86-76-50-60(81(55-31-11-3-12-32-55)56-33-13-4-14-34-56)48-72-78(76)79(66)63-41-21-25-45-69(63)83(72)58-37-17-6-18-38-58/h1-52H. The van der Waals surface area contributed by atoms with Crippen LogP contribution in [0.15, 0.2) is 325 Å². The van der Waals surface area contributed by atoms with Gasteiger partial charge in [0, 0.05) is 78.2 Å². The fraction of sp³-hybridized carbons (Fsp3) is 0. The molecule has 13 aromatic rings. The van der Waals surface area contributed by atoms with Crippen LogP contribution in [0.2, 0.25) is 0 Å². The third kappa shape index (κ3) is 8.12. The fourth-order valence-corrected chi connectivity index (χ4v) is 15.1. The molecular formula is C78H52B2N4OS. The number of rotatable bonds is 10. The highest BCUT2D eigenvalue weighted by molar-refractivity contribution is 8.00. The Kier molecular flexibility index (Phi) is 12.0. The normalized spacial score (nSPS) is 12.8. The Hall–Kier alpha value is -10.7. The summed E-state index contributed by atoms with van der Waals surface area (Å²) in [6, 6.07) is 115. The van der Waals surface area contributed by atoms with Crippen molar-refractivity contribution >= 4 is 126 Å². The number of para-hydroxylation sites is 8. The van der Waals surface area contributed by atoms with Gasteiger partial charge < -0.3 is 24.3 Å². The highest BCUT2D eigenvalue weighted by Gasteiger charge is 2.47. The van der Waals surface area contributed by atoms with Crippen molar-refractivity contribution in [2.45, 2.75) is 9.79 Å². The monoisotopic (exact) mass is 1110 g/mol. The number of fused-ring (bicyclic) bond motifs is 8. The smallest absolute Gasteiger partial charge is 0.256 e. The molecule has 0 unspecified atom stereocenters. The molecule has 0 atom stereocenters. The Morgan fingerprint density at radius 3 is 1.47 bits per heavy atom. The van der Waals surface area contributed by atoms with E-state index in [-0.39, 0.29) is 13.4 Å². The van der Waals surface area contributed by atoms with Crippen molar-refractivity contribution in [1.82, 2.24) is 0 Å². The molecule has 5 nitrogen and oxygen atoms in total. The average molecular weight is 1110 g/mol. The highest BCUT2D eigenvalue weighted by atomic mass is 32.2. The van der Waals surface area contributed by atoms with Crippen molar-refractivity contribution in [3.8, 4) is 33.8 Å². The summed E-state index contributed by atoms with van der Waals surface area (Å²) >= 11 is 1.90. The van der Waals surface area contributed by atoms with Crippen LogP contribution in [-0.2, 0) is 0 Å². The zero-order valence-corrected chi connectivity index (χ0v) is 47.6. The molecule has 0 aromatic heterocycles. The molecule has 0 aliphatic carbocycles. The van der Waals surface area contributed by atoms with E-state index in [9.17, 15) is 0 Å². The van der Waals surface area contributed by atoms with Crippen molar-refractivity contribution in [3.05, 3.63) is 315 Å². The lowest BCUT2D eigenvalue weighted by molar-refractivity contribution is 0.487. The maximum atomic E-state index is 7.37. The van der Waals surface area contributed by atoms with Crippen LogP contribution in [0.1, 0.15) is 0 Å². The van der Waals surface area contributed by atoms with E-state index in [2.05, 4.69) is 335 Å². The largest absolute Gasteiger partial charge is 0.458 e. The lowest BCUT2D eigenvalue weighted by Crippen LogP contribution is -2.63. The van der Waals surface area contributed by atoms with E-state index >= 15 is 0 Å². The molecule has 4 aliphatic rings. The molecule has 0 saturated heterocycles. The Morgan fingerprint density at radius 1 is 0.291 bits per heavy atom. The van der Waals surface area contributed by atoms with Crippen LogP contribution in [0.25, 0.3) is 22.3 Å². The number of hydrogen-bond acceptors (Lipinski definition) is 6. The van der Waals surface area contributed by atoms with Crippen LogP contribution in [0.4, 0.5) is 68.2 Å². The lowest BCUT2D eigenvalue weighted by Gasteiger charge is -2.44. The van der Waals surface area contributed by atoms with Crippen molar-refractivity contribution in [1.29, 1.82) is 0 Å². The van der Waals surface area contributed by atoms with E-state index < -0.39 is 0 Å². The summed E-state index contributed by atoms with van der Waals surface area (Å²) in [4.78, 5) is 12.3. The van der Waals surface area contributed by atoms with E-state index in [1.54, 1.807) is 0 Å². The number of anilines is 12. The van der Waals surface area contributed by atoms with E-state index in [0.29, 0.717) is 0 Å². The molecule has 4 aliphatic heterocycles. The first kappa shape index (κ1) is 49.9. The number of ether oxygens (including phenoxy) is 1. The molecule has 0 saturated carbocycles. The van der Waals surface area contributed by atoms with Gasteiger partial charge in [0.25, 0.3) is 6.71 Å². The minimum Gasteiger partial charge on any atom is -0.458 e. The van der Waals surface area contributed by atoms with Crippen LogP contribution < -0.4 is 57.1 Å². The van der Waals surface area contributed by atoms with Crippen molar-refractivity contribution in [2.24, 2.45) is 0 Å². The molecule has 8 heteroatoms. The molecule has 0 fully saturated rings. The molecule has 0 N–H and O–H groups in total. The summed E-state index contributed by atoms with van der Waals surface area (Å²) in [5.41, 5.74) is 25.1. The van der Waals surface area contributed by atoms with Crippen LogP contribution in [-0.4, -0.2) is 13.4 Å². The molecule has 0 radical (unpaired) electrons. The van der Waals surface area contributed by atoms with Gasteiger partial charge in [-0.1, -0.05) is 230 Å². The van der Waals surface area contributed by atoms with Gasteiger partial charge in [0.05, 0.1) is 17.1 Å². The molecule has 17 rings (SSSR count). The quantitative estimate of drug-likeness (QED) is 0.126. The zero-order valence-electron chi connectivity index (χ0n) is 46.8. The first-order valence-electron chi connectivity index (χ1n) is 29.5. The van der Waals surface area contributed by atoms with Crippen LogP contribution >= 0.6 is 11.8 Å². The van der Waals surface area contributed by atoms with Crippen molar-refractivity contribution in [2.75, 3.05) is 19.6 Å². The van der Waals surface area contributed by atoms with Gasteiger partial charge in [-0.25, -0.2) is 0 Å². The molecule has 4 heterocycles. The molecular weight excluding hydrogens is 1060 g/mol. The van der Waals surface area contributed by atoms with Crippen LogP contribution in [0, 0.1) is 0 Å². The molecule has 402 valence electrons. The molecule has 13 aromatic carbocycles. The Morgan fingerprint density at radius 2 is 0.791 bits per heavy atom. The second-order valence-electron chi connectivity index (χ2n) is 22.3. The summed E-state index contributed by atoms with van der Waals surface area (Å²) in [5, 5.41) is 0. The third-order valence-corrected chi connectivity index (χ3v) is 18.6. The van der Waals surface area contributed by atoms with Gasteiger partial charge in [0.2, 0.25) is 6.71 Å². The van der Waals surface area contributed by atoms with Gasteiger partial charge in [-0.2, -0.15) is 0 Å². The molecule has 0 amide bonds. The average Bonchev–Trinajstić information content (AvgIpc) is 0.773. The molecule has 0 spiro atoms. The van der Waals surface area contributed by atoms with E-state index in [1.165, 1.54) is 43.0 Å². The maximum absolute atomic E-state index is 7.37. The summed E-state index contributed by atoms with van der Waals surface area (Å²) in [6.45, 7) is -0.249. The highest BCUT2D eigenvalue weighted by Crippen LogP contribution is 2.52. The summed E-state index contributed by atoms with van der Waals surface area (Å²) in [5.74, 6) is 1.70. The van der Waals surface area contributed by atoms with Crippen LogP contribution in [0.3, 0.4) is 0 Å². The van der Waals surface area contributed by atoms with Gasteiger partial charge in [0.15, 0.2) is 0 Å². The third-order valence-electron chi connectivity index (χ3n) is 17.5. The second kappa shape index (κ2) is 20.6. The first-order chi connectivity index (χ1) is 42.7. The summed E-state index contributed by atoms with van der Waals surface area (Å²) in [6.07, 6.45) is 0. The minimum atomic E-state index is -0.167. The second-order valence-corrected chi connectivity index (χ2v) is 23.4. The lowest BCUT2D eigenvalue weighted by atomic mass is 9.31. The van der Waals surface area contributed by atoms with Gasteiger partial charge in [0.1, 0.15) is 11.5 Å². The fourth-order valence-electron chi connectivity index (χ4n) is 13.9.